The van der Waals surface area contributed by atoms with E-state index in [1.807, 2.05) is 24.3 Å². The van der Waals surface area contributed by atoms with Crippen molar-refractivity contribution in [3.8, 4) is 0 Å². The van der Waals surface area contributed by atoms with Crippen LogP contribution in [0.4, 0.5) is 0 Å². The number of oxazole rings is 1. The van der Waals surface area contributed by atoms with Gasteiger partial charge in [0, 0.05) is 19.1 Å². The molecule has 1 unspecified atom stereocenters. The Balaban J connectivity index is 1.79. The van der Waals surface area contributed by atoms with Crippen molar-refractivity contribution in [2.24, 2.45) is 5.73 Å². The lowest BCUT2D eigenvalue weighted by molar-refractivity contribution is 0.292. The first-order chi connectivity index (χ1) is 7.81. The Bertz CT molecular complexity index is 461. The van der Waals surface area contributed by atoms with Crippen molar-refractivity contribution < 1.29 is 4.42 Å². The van der Waals surface area contributed by atoms with E-state index in [1.54, 1.807) is 0 Å². The van der Waals surface area contributed by atoms with Crippen LogP contribution in [0.15, 0.2) is 28.7 Å². The van der Waals surface area contributed by atoms with Crippen LogP contribution in [0.5, 0.6) is 0 Å². The topological polar surface area (TPSA) is 55.3 Å². The molecule has 0 aliphatic carbocycles. The lowest BCUT2D eigenvalue weighted by atomic mass is 10.3. The number of aromatic nitrogens is 1. The van der Waals surface area contributed by atoms with Crippen LogP contribution in [0, 0.1) is 0 Å². The summed E-state index contributed by atoms with van der Waals surface area (Å²) >= 11 is 0. The quantitative estimate of drug-likeness (QED) is 0.825. The molecule has 2 N–H and O–H groups in total. The minimum atomic E-state index is 0.310. The molecule has 0 radical (unpaired) electrons. The molecule has 2 aromatic rings. The van der Waals surface area contributed by atoms with Crippen molar-refractivity contribution in [3.05, 3.63) is 30.2 Å². The summed E-state index contributed by atoms with van der Waals surface area (Å²) in [6.45, 7) is 2.75. The number of hydrogen-bond donors (Lipinski definition) is 1. The number of likely N-dealkylation sites (tertiary alicyclic amines) is 1. The number of benzene rings is 1. The van der Waals surface area contributed by atoms with Gasteiger partial charge >= 0.3 is 0 Å². The SMILES string of the molecule is NC1CCN(Cc2nc3ccccc3o2)C1. The molecule has 2 heterocycles. The predicted molar refractivity (Wildman–Crippen MR) is 61.9 cm³/mol. The van der Waals surface area contributed by atoms with E-state index < -0.39 is 0 Å². The van der Waals surface area contributed by atoms with Crippen LogP contribution in [0.25, 0.3) is 11.1 Å². The number of nitrogens with zero attached hydrogens (tertiary/aromatic N) is 2. The number of hydrogen-bond acceptors (Lipinski definition) is 4. The van der Waals surface area contributed by atoms with Gasteiger partial charge in [-0.3, -0.25) is 4.90 Å². The van der Waals surface area contributed by atoms with Gasteiger partial charge in [0.2, 0.25) is 5.89 Å². The van der Waals surface area contributed by atoms with Crippen molar-refractivity contribution in [3.63, 3.8) is 0 Å². The van der Waals surface area contributed by atoms with Crippen LogP contribution in [0.2, 0.25) is 0 Å². The maximum atomic E-state index is 5.86. The molecular weight excluding hydrogens is 202 g/mol. The van der Waals surface area contributed by atoms with Gasteiger partial charge in [-0.05, 0) is 18.6 Å². The van der Waals surface area contributed by atoms with E-state index in [2.05, 4.69) is 9.88 Å². The lowest BCUT2D eigenvalue weighted by Gasteiger charge is -2.11. The maximum absolute atomic E-state index is 5.86. The van der Waals surface area contributed by atoms with Gasteiger partial charge in [0.05, 0.1) is 6.54 Å². The largest absolute Gasteiger partial charge is 0.439 e. The van der Waals surface area contributed by atoms with Gasteiger partial charge in [-0.25, -0.2) is 4.98 Å². The van der Waals surface area contributed by atoms with Crippen molar-refractivity contribution in [2.45, 2.75) is 19.0 Å². The Morgan fingerprint density at radius 2 is 2.31 bits per heavy atom. The minimum absolute atomic E-state index is 0.310. The Hall–Kier alpha value is -1.39. The van der Waals surface area contributed by atoms with Gasteiger partial charge < -0.3 is 10.2 Å². The first-order valence-corrected chi connectivity index (χ1v) is 5.63. The fourth-order valence-corrected chi connectivity index (χ4v) is 2.19. The molecule has 4 heteroatoms. The summed E-state index contributed by atoms with van der Waals surface area (Å²) < 4.78 is 5.67. The van der Waals surface area contributed by atoms with E-state index in [9.17, 15) is 0 Å². The van der Waals surface area contributed by atoms with Crippen LogP contribution < -0.4 is 5.73 Å². The molecule has 0 amide bonds. The van der Waals surface area contributed by atoms with E-state index >= 15 is 0 Å². The van der Waals surface area contributed by atoms with E-state index in [0.29, 0.717) is 6.04 Å². The van der Waals surface area contributed by atoms with Gasteiger partial charge in [-0.2, -0.15) is 0 Å². The molecule has 1 aromatic heterocycles. The van der Waals surface area contributed by atoms with Crippen LogP contribution in [0.3, 0.4) is 0 Å². The third-order valence-corrected chi connectivity index (χ3v) is 3.01. The van der Waals surface area contributed by atoms with E-state index in [4.69, 9.17) is 10.2 Å². The van der Waals surface area contributed by atoms with Crippen molar-refractivity contribution in [2.75, 3.05) is 13.1 Å². The fourth-order valence-electron chi connectivity index (χ4n) is 2.19. The molecule has 16 heavy (non-hydrogen) atoms. The highest BCUT2D eigenvalue weighted by Crippen LogP contribution is 2.17. The number of rotatable bonds is 2. The molecule has 0 spiro atoms. The summed E-state index contributed by atoms with van der Waals surface area (Å²) in [5, 5.41) is 0. The minimum Gasteiger partial charge on any atom is -0.439 e. The van der Waals surface area contributed by atoms with Gasteiger partial charge in [-0.15, -0.1) is 0 Å². The zero-order chi connectivity index (χ0) is 11.0. The highest BCUT2D eigenvalue weighted by molar-refractivity contribution is 5.72. The Morgan fingerprint density at radius 1 is 1.44 bits per heavy atom. The Labute approximate surface area is 94.0 Å². The molecular formula is C12H15N3O. The Morgan fingerprint density at radius 3 is 3.06 bits per heavy atom. The molecule has 1 aliphatic rings. The molecule has 3 rings (SSSR count). The van der Waals surface area contributed by atoms with Crippen molar-refractivity contribution in [1.82, 2.24) is 9.88 Å². The molecule has 84 valence electrons. The second kappa shape index (κ2) is 3.88. The summed E-state index contributed by atoms with van der Waals surface area (Å²) in [5.41, 5.74) is 7.65. The van der Waals surface area contributed by atoms with E-state index in [1.165, 1.54) is 0 Å². The van der Waals surface area contributed by atoms with E-state index in [-0.39, 0.29) is 0 Å². The highest BCUT2D eigenvalue weighted by atomic mass is 16.3. The number of fused-ring (bicyclic) bond motifs is 1. The smallest absolute Gasteiger partial charge is 0.209 e. The van der Waals surface area contributed by atoms with Crippen LogP contribution >= 0.6 is 0 Å². The number of para-hydroxylation sites is 2. The molecule has 1 fully saturated rings. The summed E-state index contributed by atoms with van der Waals surface area (Å²) in [5.74, 6) is 0.787. The summed E-state index contributed by atoms with van der Waals surface area (Å²) in [6.07, 6.45) is 1.07. The first kappa shape index (κ1) is 9.81. The Kier molecular flexibility index (Phi) is 2.38. The van der Waals surface area contributed by atoms with Crippen molar-refractivity contribution in [1.29, 1.82) is 0 Å². The molecule has 0 saturated carbocycles. The number of nitrogens with two attached hydrogens (primary N) is 1. The monoisotopic (exact) mass is 217 g/mol. The predicted octanol–water partition coefficient (Wildman–Crippen LogP) is 1.36. The second-order valence-corrected chi connectivity index (χ2v) is 4.36. The normalized spacial score (nSPS) is 21.9. The molecule has 1 aromatic carbocycles. The van der Waals surface area contributed by atoms with Crippen molar-refractivity contribution >= 4 is 11.1 Å². The highest BCUT2D eigenvalue weighted by Gasteiger charge is 2.20. The molecule has 1 atom stereocenters. The van der Waals surface area contributed by atoms with Gasteiger partial charge in [0.25, 0.3) is 0 Å². The van der Waals surface area contributed by atoms with Crippen LogP contribution in [0.1, 0.15) is 12.3 Å². The third-order valence-electron chi connectivity index (χ3n) is 3.01. The standard InChI is InChI=1S/C12H15N3O/c13-9-5-6-15(7-9)8-12-14-10-3-1-2-4-11(10)16-12/h1-4,9H,5-8,13H2. The molecule has 4 nitrogen and oxygen atoms in total. The lowest BCUT2D eigenvalue weighted by Crippen LogP contribution is -2.26. The summed E-state index contributed by atoms with van der Waals surface area (Å²) in [4.78, 5) is 6.74. The maximum Gasteiger partial charge on any atom is 0.209 e. The fraction of sp³-hybridized carbons (Fsp3) is 0.417. The molecule has 1 aliphatic heterocycles. The van der Waals surface area contributed by atoms with E-state index in [0.717, 1.165) is 43.0 Å². The third kappa shape index (κ3) is 1.81. The van der Waals surface area contributed by atoms with Gasteiger partial charge in [0.15, 0.2) is 5.58 Å². The van der Waals surface area contributed by atoms with Crippen LogP contribution in [-0.2, 0) is 6.54 Å². The summed E-state index contributed by atoms with van der Waals surface area (Å²) in [7, 11) is 0. The average Bonchev–Trinajstić information content (AvgIpc) is 2.84. The van der Waals surface area contributed by atoms with Gasteiger partial charge in [0.1, 0.15) is 5.52 Å². The second-order valence-electron chi connectivity index (χ2n) is 4.36. The summed E-state index contributed by atoms with van der Waals surface area (Å²) in [6, 6.07) is 8.16. The van der Waals surface area contributed by atoms with Crippen LogP contribution in [-0.4, -0.2) is 29.0 Å². The first-order valence-electron chi connectivity index (χ1n) is 5.63. The van der Waals surface area contributed by atoms with Gasteiger partial charge in [-0.1, -0.05) is 12.1 Å². The molecule has 0 bridgehead atoms. The average molecular weight is 217 g/mol. The zero-order valence-electron chi connectivity index (χ0n) is 9.10. The molecule has 1 saturated heterocycles. The zero-order valence-corrected chi connectivity index (χ0v) is 9.10.